The van der Waals surface area contributed by atoms with E-state index in [-0.39, 0.29) is 18.3 Å². The van der Waals surface area contributed by atoms with Crippen molar-refractivity contribution in [3.05, 3.63) is 0 Å². The zero-order chi connectivity index (χ0) is 10.8. The number of hydrogen-bond donors (Lipinski definition) is 1. The average Bonchev–Trinajstić information content (AvgIpc) is 2.64. The van der Waals surface area contributed by atoms with Crippen LogP contribution in [0.25, 0.3) is 0 Å². The first-order valence-electron chi connectivity index (χ1n) is 6.19. The van der Waals surface area contributed by atoms with Crippen molar-refractivity contribution < 1.29 is 4.79 Å². The maximum absolute atomic E-state index is 12.2. The Balaban J connectivity index is 0.00000128. The second kappa shape index (κ2) is 5.87. The molecule has 3 nitrogen and oxygen atoms in total. The Kier molecular flexibility index (Phi) is 5.06. The standard InChI is InChI=1S/C12H22N2O.ClH/c1-9-4-6-14(8-9)12(15)11-3-5-13-10(2)7-11;/h9-11,13H,3-8H2,1-2H3;1H/t9?,10-,11-;/m0./s1. The molecule has 16 heavy (non-hydrogen) atoms. The summed E-state index contributed by atoms with van der Waals surface area (Å²) in [4.78, 5) is 14.3. The molecule has 0 radical (unpaired) electrons. The number of carbonyl (C=O) groups excluding carboxylic acids is 1. The molecular formula is C12H23ClN2O. The van der Waals surface area contributed by atoms with Gasteiger partial charge in [-0.05, 0) is 38.6 Å². The summed E-state index contributed by atoms with van der Waals surface area (Å²) < 4.78 is 0. The predicted octanol–water partition coefficient (Wildman–Crippen LogP) is 1.66. The minimum atomic E-state index is 0. The van der Waals surface area contributed by atoms with E-state index in [1.165, 1.54) is 6.42 Å². The monoisotopic (exact) mass is 246 g/mol. The third-order valence-electron chi connectivity index (χ3n) is 3.71. The van der Waals surface area contributed by atoms with Gasteiger partial charge in [-0.2, -0.15) is 0 Å². The van der Waals surface area contributed by atoms with Crippen LogP contribution in [0.15, 0.2) is 0 Å². The summed E-state index contributed by atoms with van der Waals surface area (Å²) in [5.74, 6) is 1.40. The van der Waals surface area contributed by atoms with Crippen LogP contribution in [0.2, 0.25) is 0 Å². The number of likely N-dealkylation sites (tertiary alicyclic amines) is 1. The van der Waals surface area contributed by atoms with Gasteiger partial charge < -0.3 is 10.2 Å². The summed E-state index contributed by atoms with van der Waals surface area (Å²) in [6, 6.07) is 0.507. The van der Waals surface area contributed by atoms with Crippen LogP contribution in [0.4, 0.5) is 0 Å². The Bertz CT molecular complexity index is 247. The SMILES string of the molecule is CC1CCN(C(=O)[C@H]2CCN[C@@H](C)C2)C1.Cl. The van der Waals surface area contributed by atoms with Crippen molar-refractivity contribution in [3.63, 3.8) is 0 Å². The van der Waals surface area contributed by atoms with Gasteiger partial charge in [0, 0.05) is 25.0 Å². The number of rotatable bonds is 1. The van der Waals surface area contributed by atoms with Crippen molar-refractivity contribution in [2.45, 2.75) is 39.2 Å². The van der Waals surface area contributed by atoms with Crippen molar-refractivity contribution in [2.75, 3.05) is 19.6 Å². The van der Waals surface area contributed by atoms with E-state index in [2.05, 4.69) is 24.1 Å². The lowest BCUT2D eigenvalue weighted by Gasteiger charge is -2.30. The van der Waals surface area contributed by atoms with Gasteiger partial charge in [0.15, 0.2) is 0 Å². The fraction of sp³-hybridized carbons (Fsp3) is 0.917. The van der Waals surface area contributed by atoms with Crippen molar-refractivity contribution in [3.8, 4) is 0 Å². The number of piperidine rings is 1. The van der Waals surface area contributed by atoms with Crippen molar-refractivity contribution in [1.82, 2.24) is 10.2 Å². The molecule has 0 aromatic carbocycles. The Labute approximate surface area is 104 Å². The zero-order valence-corrected chi connectivity index (χ0v) is 11.1. The van der Waals surface area contributed by atoms with Crippen LogP contribution in [0.5, 0.6) is 0 Å². The van der Waals surface area contributed by atoms with E-state index >= 15 is 0 Å². The fourth-order valence-corrected chi connectivity index (χ4v) is 2.75. The highest BCUT2D eigenvalue weighted by Crippen LogP contribution is 2.23. The number of halogens is 1. The van der Waals surface area contributed by atoms with Gasteiger partial charge in [0.2, 0.25) is 5.91 Å². The lowest BCUT2D eigenvalue weighted by atomic mass is 9.92. The van der Waals surface area contributed by atoms with Crippen molar-refractivity contribution in [1.29, 1.82) is 0 Å². The van der Waals surface area contributed by atoms with Gasteiger partial charge >= 0.3 is 0 Å². The number of nitrogens with zero attached hydrogens (tertiary/aromatic N) is 1. The molecule has 0 aliphatic carbocycles. The average molecular weight is 247 g/mol. The van der Waals surface area contributed by atoms with Crippen LogP contribution in [-0.2, 0) is 4.79 Å². The Hall–Kier alpha value is -0.280. The number of carbonyl (C=O) groups is 1. The molecule has 94 valence electrons. The molecule has 1 N–H and O–H groups in total. The summed E-state index contributed by atoms with van der Waals surface area (Å²) in [6.07, 6.45) is 3.23. The summed E-state index contributed by atoms with van der Waals surface area (Å²) in [5, 5.41) is 3.40. The summed E-state index contributed by atoms with van der Waals surface area (Å²) in [7, 11) is 0. The summed E-state index contributed by atoms with van der Waals surface area (Å²) in [6.45, 7) is 7.38. The molecule has 0 aromatic rings. The smallest absolute Gasteiger partial charge is 0.225 e. The molecule has 2 heterocycles. The normalized spacial score (nSPS) is 34.6. The van der Waals surface area contributed by atoms with E-state index in [0.29, 0.717) is 17.9 Å². The van der Waals surface area contributed by atoms with Gasteiger partial charge in [-0.25, -0.2) is 0 Å². The molecular weight excluding hydrogens is 224 g/mol. The summed E-state index contributed by atoms with van der Waals surface area (Å²) in [5.41, 5.74) is 0. The topological polar surface area (TPSA) is 32.3 Å². The van der Waals surface area contributed by atoms with E-state index in [0.717, 1.165) is 32.5 Å². The van der Waals surface area contributed by atoms with E-state index in [1.54, 1.807) is 0 Å². The van der Waals surface area contributed by atoms with Crippen molar-refractivity contribution in [2.24, 2.45) is 11.8 Å². The van der Waals surface area contributed by atoms with E-state index in [4.69, 9.17) is 0 Å². The zero-order valence-electron chi connectivity index (χ0n) is 10.2. The van der Waals surface area contributed by atoms with Gasteiger partial charge in [0.1, 0.15) is 0 Å². The van der Waals surface area contributed by atoms with Crippen LogP contribution >= 0.6 is 12.4 Å². The first-order chi connectivity index (χ1) is 7.16. The highest BCUT2D eigenvalue weighted by atomic mass is 35.5. The molecule has 2 rings (SSSR count). The molecule has 2 aliphatic rings. The first-order valence-corrected chi connectivity index (χ1v) is 6.19. The highest BCUT2D eigenvalue weighted by Gasteiger charge is 2.31. The van der Waals surface area contributed by atoms with Crippen LogP contribution in [-0.4, -0.2) is 36.5 Å². The third-order valence-corrected chi connectivity index (χ3v) is 3.71. The maximum Gasteiger partial charge on any atom is 0.225 e. The fourth-order valence-electron chi connectivity index (χ4n) is 2.75. The molecule has 1 amide bonds. The molecule has 0 spiro atoms. The van der Waals surface area contributed by atoms with Gasteiger partial charge in [-0.1, -0.05) is 6.92 Å². The second-order valence-electron chi connectivity index (χ2n) is 5.25. The second-order valence-corrected chi connectivity index (χ2v) is 5.25. The summed E-state index contributed by atoms with van der Waals surface area (Å²) >= 11 is 0. The van der Waals surface area contributed by atoms with E-state index in [1.807, 2.05) is 0 Å². The van der Waals surface area contributed by atoms with Crippen molar-refractivity contribution >= 4 is 18.3 Å². The van der Waals surface area contributed by atoms with E-state index in [9.17, 15) is 4.79 Å². The highest BCUT2D eigenvalue weighted by molar-refractivity contribution is 5.85. The van der Waals surface area contributed by atoms with Crippen LogP contribution < -0.4 is 5.32 Å². The predicted molar refractivity (Wildman–Crippen MR) is 67.8 cm³/mol. The lowest BCUT2D eigenvalue weighted by Crippen LogP contribution is -2.43. The third kappa shape index (κ3) is 3.11. The first kappa shape index (κ1) is 13.8. The van der Waals surface area contributed by atoms with Gasteiger partial charge in [-0.3, -0.25) is 4.79 Å². The van der Waals surface area contributed by atoms with Crippen LogP contribution in [0.1, 0.15) is 33.1 Å². The molecule has 4 heteroatoms. The van der Waals surface area contributed by atoms with Crippen LogP contribution in [0, 0.1) is 11.8 Å². The molecule has 3 atom stereocenters. The molecule has 1 unspecified atom stereocenters. The Morgan fingerprint density at radius 2 is 2.06 bits per heavy atom. The van der Waals surface area contributed by atoms with E-state index < -0.39 is 0 Å². The maximum atomic E-state index is 12.2. The minimum absolute atomic E-state index is 0. The number of nitrogens with one attached hydrogen (secondary N) is 1. The van der Waals surface area contributed by atoms with Crippen LogP contribution in [0.3, 0.4) is 0 Å². The van der Waals surface area contributed by atoms with Gasteiger partial charge in [0.25, 0.3) is 0 Å². The minimum Gasteiger partial charge on any atom is -0.342 e. The molecule has 0 aromatic heterocycles. The Morgan fingerprint density at radius 1 is 1.31 bits per heavy atom. The number of hydrogen-bond acceptors (Lipinski definition) is 2. The van der Waals surface area contributed by atoms with Gasteiger partial charge in [-0.15, -0.1) is 12.4 Å². The van der Waals surface area contributed by atoms with Gasteiger partial charge in [0.05, 0.1) is 0 Å². The molecule has 2 aliphatic heterocycles. The molecule has 2 saturated heterocycles. The Morgan fingerprint density at radius 3 is 2.62 bits per heavy atom. The lowest BCUT2D eigenvalue weighted by molar-refractivity contribution is -0.135. The molecule has 2 fully saturated rings. The quantitative estimate of drug-likeness (QED) is 0.763. The largest absolute Gasteiger partial charge is 0.342 e. The number of amides is 1. The molecule has 0 saturated carbocycles. The molecule has 0 bridgehead atoms.